The molecule has 0 spiro atoms. The number of terminal acetylenes is 1. The highest BCUT2D eigenvalue weighted by molar-refractivity contribution is 5.72. The van der Waals surface area contributed by atoms with E-state index in [2.05, 4.69) is 22.7 Å². The first kappa shape index (κ1) is 19.7. The van der Waals surface area contributed by atoms with E-state index in [1.54, 1.807) is 26.3 Å². The number of carbonyl (C=O) groups excluding carboxylic acids is 1. The molecule has 3 rings (SSSR count). The molecule has 0 aliphatic rings. The summed E-state index contributed by atoms with van der Waals surface area (Å²) in [6.45, 7) is -0.0891. The van der Waals surface area contributed by atoms with Gasteiger partial charge in [-0.3, -0.25) is 9.36 Å². The molecule has 3 aromatic rings. The largest absolute Gasteiger partial charge is 0.497 e. The van der Waals surface area contributed by atoms with Crippen LogP contribution in [0.5, 0.6) is 5.75 Å². The summed E-state index contributed by atoms with van der Waals surface area (Å²) in [4.78, 5) is 40.7. The minimum atomic E-state index is -0.604. The van der Waals surface area contributed by atoms with Gasteiger partial charge in [0.2, 0.25) is 0 Å². The van der Waals surface area contributed by atoms with E-state index in [0.29, 0.717) is 23.4 Å². The number of aldehydes is 1. The lowest BCUT2D eigenvalue weighted by Crippen LogP contribution is -2.40. The summed E-state index contributed by atoms with van der Waals surface area (Å²) in [5, 5.41) is 0. The molecule has 0 saturated heterocycles. The Hall–Kier alpha value is -4.04. The van der Waals surface area contributed by atoms with Gasteiger partial charge in [0.1, 0.15) is 12.0 Å². The molecule has 0 amide bonds. The lowest BCUT2D eigenvalue weighted by Gasteiger charge is -2.08. The highest BCUT2D eigenvalue weighted by atomic mass is 16.5. The Bertz CT molecular complexity index is 1310. The van der Waals surface area contributed by atoms with Gasteiger partial charge in [-0.2, -0.15) is 0 Å². The molecular weight excluding hydrogens is 372 g/mol. The van der Waals surface area contributed by atoms with Crippen molar-refractivity contribution < 1.29 is 9.53 Å². The summed E-state index contributed by atoms with van der Waals surface area (Å²) in [5.41, 5.74) is -0.0739. The van der Waals surface area contributed by atoms with E-state index in [0.717, 1.165) is 4.57 Å². The van der Waals surface area contributed by atoms with Crippen molar-refractivity contribution in [3.8, 4) is 29.9 Å². The molecule has 0 radical (unpaired) electrons. The Balaban J connectivity index is 2.23. The predicted octanol–water partition coefficient (Wildman–Crippen LogP) is 0.527. The number of methoxy groups -OCH3 is 1. The molecule has 0 aliphatic carbocycles. The summed E-state index contributed by atoms with van der Waals surface area (Å²) in [6, 6.07) is 7.21. The molecule has 0 bridgehead atoms. The highest BCUT2D eigenvalue weighted by Crippen LogP contribution is 2.13. The number of aryl methyl sites for hydroxylation is 2. The first-order chi connectivity index (χ1) is 14.0. The number of aromatic nitrogens is 4. The van der Waals surface area contributed by atoms with Crippen LogP contribution in [0.2, 0.25) is 0 Å². The van der Waals surface area contributed by atoms with Crippen molar-refractivity contribution in [1.82, 2.24) is 18.7 Å². The molecule has 8 heteroatoms. The number of carbonyl (C=O) groups is 1. The lowest BCUT2D eigenvalue weighted by molar-refractivity contribution is -0.108. The molecule has 0 N–H and O–H groups in total. The van der Waals surface area contributed by atoms with Crippen molar-refractivity contribution in [3.63, 3.8) is 0 Å². The van der Waals surface area contributed by atoms with Crippen LogP contribution in [-0.4, -0.2) is 32.1 Å². The van der Waals surface area contributed by atoms with Gasteiger partial charge in [-0.05, 0) is 24.1 Å². The smallest absolute Gasteiger partial charge is 0.333 e. The maximum atomic E-state index is 12.8. The molecule has 0 saturated carbocycles. The fraction of sp³-hybridized carbons (Fsp3) is 0.238. The maximum Gasteiger partial charge on any atom is 0.333 e. The molecule has 29 heavy (non-hydrogen) atoms. The van der Waals surface area contributed by atoms with Crippen LogP contribution in [0, 0.1) is 24.2 Å². The fourth-order valence-electron chi connectivity index (χ4n) is 2.92. The number of ether oxygens (including phenoxy) is 1. The van der Waals surface area contributed by atoms with Gasteiger partial charge < -0.3 is 14.1 Å². The van der Waals surface area contributed by atoms with Crippen molar-refractivity contribution in [1.29, 1.82) is 0 Å². The van der Waals surface area contributed by atoms with Crippen LogP contribution in [-0.2, 0) is 24.9 Å². The topological polar surface area (TPSA) is 88.1 Å². The zero-order valence-electron chi connectivity index (χ0n) is 16.0. The van der Waals surface area contributed by atoms with Crippen LogP contribution >= 0.6 is 0 Å². The van der Waals surface area contributed by atoms with Crippen molar-refractivity contribution >= 4 is 17.5 Å². The van der Waals surface area contributed by atoms with E-state index in [-0.39, 0.29) is 30.7 Å². The maximum absolute atomic E-state index is 12.8. The number of hydrogen-bond donors (Lipinski definition) is 0. The lowest BCUT2D eigenvalue weighted by atomic mass is 10.2. The molecule has 0 fully saturated rings. The van der Waals surface area contributed by atoms with Crippen LogP contribution in [0.25, 0.3) is 11.2 Å². The summed E-state index contributed by atoms with van der Waals surface area (Å²) >= 11 is 0. The molecule has 1 aromatic carbocycles. The van der Waals surface area contributed by atoms with Crippen molar-refractivity contribution in [2.24, 2.45) is 7.05 Å². The van der Waals surface area contributed by atoms with E-state index < -0.39 is 11.2 Å². The van der Waals surface area contributed by atoms with E-state index >= 15 is 0 Å². The second kappa shape index (κ2) is 8.32. The van der Waals surface area contributed by atoms with Crippen molar-refractivity contribution in [3.05, 3.63) is 56.5 Å². The van der Waals surface area contributed by atoms with Gasteiger partial charge in [-0.1, -0.05) is 17.9 Å². The summed E-state index contributed by atoms with van der Waals surface area (Å²) < 4.78 is 8.93. The zero-order chi connectivity index (χ0) is 21.0. The summed E-state index contributed by atoms with van der Waals surface area (Å²) in [5.74, 6) is 9.18. The van der Waals surface area contributed by atoms with Crippen LogP contribution < -0.4 is 16.0 Å². The first-order valence-electron chi connectivity index (χ1n) is 8.75. The quantitative estimate of drug-likeness (QED) is 0.468. The summed E-state index contributed by atoms with van der Waals surface area (Å²) in [6.07, 6.45) is 6.10. The van der Waals surface area contributed by atoms with Crippen LogP contribution in [0.1, 0.15) is 17.8 Å². The minimum Gasteiger partial charge on any atom is -0.497 e. The number of fused-ring (bicyclic) bond motifs is 1. The molecule has 0 unspecified atom stereocenters. The zero-order valence-corrected chi connectivity index (χ0v) is 16.0. The van der Waals surface area contributed by atoms with Gasteiger partial charge in [-0.25, -0.2) is 14.3 Å². The van der Waals surface area contributed by atoms with E-state index in [1.807, 2.05) is 12.1 Å². The number of rotatable bonds is 5. The Morgan fingerprint density at radius 1 is 1.24 bits per heavy atom. The predicted molar refractivity (Wildman–Crippen MR) is 108 cm³/mol. The number of hydrogen-bond acceptors (Lipinski definition) is 5. The highest BCUT2D eigenvalue weighted by Gasteiger charge is 2.19. The second-order valence-electron chi connectivity index (χ2n) is 6.13. The number of imidazole rings is 1. The molecule has 2 aromatic heterocycles. The second-order valence-corrected chi connectivity index (χ2v) is 6.13. The fourth-order valence-corrected chi connectivity index (χ4v) is 2.92. The average Bonchev–Trinajstić information content (AvgIpc) is 3.06. The van der Waals surface area contributed by atoms with Crippen LogP contribution in [0.3, 0.4) is 0 Å². The molecule has 0 aliphatic heterocycles. The number of benzene rings is 1. The van der Waals surface area contributed by atoms with E-state index in [1.165, 1.54) is 9.13 Å². The van der Waals surface area contributed by atoms with Crippen LogP contribution in [0.4, 0.5) is 0 Å². The monoisotopic (exact) mass is 390 g/mol. The van der Waals surface area contributed by atoms with Gasteiger partial charge in [0.05, 0.1) is 13.7 Å². The SMILES string of the molecule is C#CCn1c(=O)c2c(nc(C#Cc3cccc(OC)c3)n2C)n(CCC=O)c1=O. The Kier molecular flexibility index (Phi) is 5.66. The van der Waals surface area contributed by atoms with Gasteiger partial charge in [0, 0.05) is 25.6 Å². The third kappa shape index (κ3) is 3.69. The van der Waals surface area contributed by atoms with Crippen molar-refractivity contribution in [2.75, 3.05) is 7.11 Å². The molecule has 8 nitrogen and oxygen atoms in total. The number of nitrogens with zero attached hydrogens (tertiary/aromatic N) is 4. The third-order valence-electron chi connectivity index (χ3n) is 4.35. The average molecular weight is 390 g/mol. The van der Waals surface area contributed by atoms with Crippen LogP contribution in [0.15, 0.2) is 33.9 Å². The normalized spacial score (nSPS) is 10.2. The molecule has 2 heterocycles. The van der Waals surface area contributed by atoms with Gasteiger partial charge >= 0.3 is 5.69 Å². The Morgan fingerprint density at radius 3 is 2.72 bits per heavy atom. The van der Waals surface area contributed by atoms with Gasteiger partial charge in [0.15, 0.2) is 17.0 Å². The van der Waals surface area contributed by atoms with Gasteiger partial charge in [0.25, 0.3) is 5.56 Å². The third-order valence-corrected chi connectivity index (χ3v) is 4.35. The Morgan fingerprint density at radius 2 is 2.03 bits per heavy atom. The Labute approximate surface area is 166 Å². The van der Waals surface area contributed by atoms with Crippen molar-refractivity contribution in [2.45, 2.75) is 19.5 Å². The summed E-state index contributed by atoms with van der Waals surface area (Å²) in [7, 11) is 3.21. The first-order valence-corrected chi connectivity index (χ1v) is 8.75. The molecule has 0 atom stereocenters. The molecule has 146 valence electrons. The molecular formula is C21H18N4O4. The van der Waals surface area contributed by atoms with E-state index in [9.17, 15) is 14.4 Å². The minimum absolute atomic E-state index is 0.0868. The standard InChI is InChI=1S/C21H18N4O4/c1-4-11-25-20(27)18-19(24(21(25)28)12-6-13-26)22-17(23(18)2)10-9-15-7-5-8-16(14-15)29-3/h1,5,7-8,13-14H,6,11-12H2,2-3H3. The van der Waals surface area contributed by atoms with Gasteiger partial charge in [-0.15, -0.1) is 6.42 Å². The van der Waals surface area contributed by atoms with E-state index in [4.69, 9.17) is 11.2 Å².